The number of benzene rings is 1. The van der Waals surface area contributed by atoms with Crippen LogP contribution in [0.1, 0.15) is 12.0 Å². The van der Waals surface area contributed by atoms with Crippen molar-refractivity contribution in [1.82, 2.24) is 4.90 Å². The third-order valence-corrected chi connectivity index (χ3v) is 5.08. The van der Waals surface area contributed by atoms with Gasteiger partial charge in [-0.1, -0.05) is 0 Å². The van der Waals surface area contributed by atoms with Crippen molar-refractivity contribution in [3.63, 3.8) is 0 Å². The van der Waals surface area contributed by atoms with Gasteiger partial charge in [-0.3, -0.25) is 4.90 Å². The fraction of sp³-hybridized carbons (Fsp3) is 0.455. The van der Waals surface area contributed by atoms with Crippen LogP contribution in [0.25, 0.3) is 0 Å². The molecule has 1 aromatic rings. The lowest BCUT2D eigenvalue weighted by Crippen LogP contribution is -2.26. The van der Waals surface area contributed by atoms with E-state index in [1.54, 1.807) is 0 Å². The number of nitrogens with zero attached hydrogens (tertiary/aromatic N) is 1. The van der Waals surface area contributed by atoms with E-state index in [0.717, 1.165) is 33.1 Å². The number of hydrogen-bond acceptors (Lipinski definition) is 2. The molecule has 0 amide bonds. The van der Waals surface area contributed by atoms with Gasteiger partial charge in [-0.25, -0.2) is 4.39 Å². The maximum absolute atomic E-state index is 13.7. The molecular formula is C11H13BrFIN2. The third kappa shape index (κ3) is 2.94. The zero-order valence-corrected chi connectivity index (χ0v) is 12.5. The first-order valence-electron chi connectivity index (χ1n) is 5.17. The first-order valence-corrected chi connectivity index (χ1v) is 7.05. The fourth-order valence-corrected chi connectivity index (χ4v) is 2.78. The van der Waals surface area contributed by atoms with Crippen LogP contribution in [0.3, 0.4) is 0 Å². The lowest BCUT2D eigenvalue weighted by atomic mass is 10.2. The Kier molecular flexibility index (Phi) is 4.21. The predicted molar refractivity (Wildman–Crippen MR) is 74.7 cm³/mol. The minimum absolute atomic E-state index is 0.146. The highest BCUT2D eigenvalue weighted by molar-refractivity contribution is 14.1. The van der Waals surface area contributed by atoms with E-state index < -0.39 is 0 Å². The maximum atomic E-state index is 13.7. The summed E-state index contributed by atoms with van der Waals surface area (Å²) in [6.07, 6.45) is 1.01. The molecule has 2 rings (SSSR count). The molecule has 2 N–H and O–H groups in total. The summed E-state index contributed by atoms with van der Waals surface area (Å²) in [7, 11) is 0. The molecule has 1 fully saturated rings. The molecule has 1 saturated heterocycles. The van der Waals surface area contributed by atoms with Crippen LogP contribution < -0.4 is 5.73 Å². The average Bonchev–Trinajstić information content (AvgIpc) is 2.60. The van der Waals surface area contributed by atoms with Gasteiger partial charge < -0.3 is 5.73 Å². The van der Waals surface area contributed by atoms with E-state index in [-0.39, 0.29) is 11.9 Å². The van der Waals surface area contributed by atoms with Gasteiger partial charge in [0.1, 0.15) is 5.82 Å². The van der Waals surface area contributed by atoms with Gasteiger partial charge in [0.05, 0.1) is 0 Å². The van der Waals surface area contributed by atoms with E-state index >= 15 is 0 Å². The smallest absolute Gasteiger partial charge is 0.128 e. The molecule has 0 bridgehead atoms. The number of hydrogen-bond donors (Lipinski definition) is 1. The van der Waals surface area contributed by atoms with Crippen LogP contribution in [0.2, 0.25) is 0 Å². The summed E-state index contributed by atoms with van der Waals surface area (Å²) in [5.41, 5.74) is 6.58. The van der Waals surface area contributed by atoms with Crippen LogP contribution in [0.4, 0.5) is 4.39 Å². The molecule has 88 valence electrons. The minimum Gasteiger partial charge on any atom is -0.326 e. The van der Waals surface area contributed by atoms with Gasteiger partial charge in [0, 0.05) is 39.3 Å². The van der Waals surface area contributed by atoms with Crippen molar-refractivity contribution in [3.8, 4) is 0 Å². The van der Waals surface area contributed by atoms with Crippen molar-refractivity contribution in [2.75, 3.05) is 13.1 Å². The highest BCUT2D eigenvalue weighted by Crippen LogP contribution is 2.24. The van der Waals surface area contributed by atoms with E-state index in [4.69, 9.17) is 5.73 Å². The standard InChI is InChI=1S/C11H13BrFIN2/c12-9-4-10(13)7(3-11(9)14)5-16-2-1-8(15)6-16/h3-4,8H,1-2,5-6,15H2. The first kappa shape index (κ1) is 12.7. The Bertz CT molecular complexity index is 400. The van der Waals surface area contributed by atoms with Gasteiger partial charge in [-0.15, -0.1) is 0 Å². The summed E-state index contributed by atoms with van der Waals surface area (Å²) < 4.78 is 15.5. The molecule has 0 aromatic heterocycles. The van der Waals surface area contributed by atoms with Crippen LogP contribution in [0, 0.1) is 9.39 Å². The van der Waals surface area contributed by atoms with Gasteiger partial charge in [-0.05, 0) is 57.1 Å². The van der Waals surface area contributed by atoms with Gasteiger partial charge in [-0.2, -0.15) is 0 Å². The van der Waals surface area contributed by atoms with E-state index in [1.165, 1.54) is 6.07 Å². The molecule has 1 heterocycles. The van der Waals surface area contributed by atoms with Crippen LogP contribution in [0.5, 0.6) is 0 Å². The predicted octanol–water partition coefficient (Wildman–Crippen LogP) is 2.73. The molecule has 0 saturated carbocycles. The minimum atomic E-state index is -0.146. The van der Waals surface area contributed by atoms with Crippen LogP contribution in [-0.2, 0) is 6.54 Å². The molecule has 0 spiro atoms. The lowest BCUT2D eigenvalue weighted by molar-refractivity contribution is 0.321. The molecule has 1 unspecified atom stereocenters. The van der Waals surface area contributed by atoms with E-state index in [1.807, 2.05) is 6.07 Å². The monoisotopic (exact) mass is 398 g/mol. The Morgan fingerprint density at radius 2 is 2.31 bits per heavy atom. The second-order valence-electron chi connectivity index (χ2n) is 4.14. The van der Waals surface area contributed by atoms with Crippen molar-refractivity contribution in [2.24, 2.45) is 5.73 Å². The summed E-state index contributed by atoms with van der Waals surface area (Å²) in [5, 5.41) is 0. The maximum Gasteiger partial charge on any atom is 0.128 e. The second-order valence-corrected chi connectivity index (χ2v) is 6.16. The highest BCUT2D eigenvalue weighted by atomic mass is 127. The molecule has 1 aliphatic rings. The Hall–Kier alpha value is 0.280. The first-order chi connectivity index (χ1) is 7.56. The molecule has 0 radical (unpaired) electrons. The fourth-order valence-electron chi connectivity index (χ4n) is 1.93. The SMILES string of the molecule is NC1CCN(Cc2cc(I)c(Br)cc2F)C1. The number of rotatable bonds is 2. The summed E-state index contributed by atoms with van der Waals surface area (Å²) in [6, 6.07) is 3.68. The zero-order valence-electron chi connectivity index (χ0n) is 8.72. The van der Waals surface area contributed by atoms with Crippen LogP contribution in [-0.4, -0.2) is 24.0 Å². The molecular weight excluding hydrogens is 386 g/mol. The Morgan fingerprint density at radius 3 is 2.94 bits per heavy atom. The average molecular weight is 399 g/mol. The van der Waals surface area contributed by atoms with E-state index in [0.29, 0.717) is 6.54 Å². The van der Waals surface area contributed by atoms with Crippen molar-refractivity contribution in [3.05, 3.63) is 31.6 Å². The van der Waals surface area contributed by atoms with Crippen molar-refractivity contribution >= 4 is 38.5 Å². The quantitative estimate of drug-likeness (QED) is 0.613. The topological polar surface area (TPSA) is 29.3 Å². The molecule has 1 aromatic carbocycles. The highest BCUT2D eigenvalue weighted by Gasteiger charge is 2.20. The lowest BCUT2D eigenvalue weighted by Gasteiger charge is -2.16. The molecule has 1 aliphatic heterocycles. The molecule has 2 nitrogen and oxygen atoms in total. The molecule has 1 atom stereocenters. The van der Waals surface area contributed by atoms with Crippen molar-refractivity contribution in [2.45, 2.75) is 19.0 Å². The van der Waals surface area contributed by atoms with E-state index in [2.05, 4.69) is 43.4 Å². The Morgan fingerprint density at radius 1 is 1.56 bits per heavy atom. The number of halogens is 3. The van der Waals surface area contributed by atoms with Crippen LogP contribution >= 0.6 is 38.5 Å². The summed E-state index contributed by atoms with van der Waals surface area (Å²) in [5.74, 6) is -0.146. The van der Waals surface area contributed by atoms with Gasteiger partial charge in [0.2, 0.25) is 0 Å². The van der Waals surface area contributed by atoms with E-state index in [9.17, 15) is 4.39 Å². The molecule has 5 heteroatoms. The van der Waals surface area contributed by atoms with Gasteiger partial charge >= 0.3 is 0 Å². The number of likely N-dealkylation sites (tertiary alicyclic amines) is 1. The van der Waals surface area contributed by atoms with Crippen molar-refractivity contribution in [1.29, 1.82) is 0 Å². The zero-order chi connectivity index (χ0) is 11.7. The Labute approximate surface area is 117 Å². The summed E-state index contributed by atoms with van der Waals surface area (Å²) in [4.78, 5) is 2.20. The normalized spacial score (nSPS) is 21.6. The number of nitrogens with two attached hydrogens (primary N) is 1. The third-order valence-electron chi connectivity index (χ3n) is 2.79. The molecule has 16 heavy (non-hydrogen) atoms. The Balaban J connectivity index is 2.12. The largest absolute Gasteiger partial charge is 0.326 e. The van der Waals surface area contributed by atoms with Gasteiger partial charge in [0.15, 0.2) is 0 Å². The molecule has 0 aliphatic carbocycles. The van der Waals surface area contributed by atoms with Crippen LogP contribution in [0.15, 0.2) is 16.6 Å². The van der Waals surface area contributed by atoms with Gasteiger partial charge in [0.25, 0.3) is 0 Å². The summed E-state index contributed by atoms with van der Waals surface area (Å²) >= 11 is 5.52. The second kappa shape index (κ2) is 5.29. The van der Waals surface area contributed by atoms with Crippen molar-refractivity contribution < 1.29 is 4.39 Å². The summed E-state index contributed by atoms with van der Waals surface area (Å²) in [6.45, 7) is 2.49.